The normalized spacial score (nSPS) is 18.7. The van der Waals surface area contributed by atoms with Crippen molar-refractivity contribution in [3.8, 4) is 5.88 Å². The van der Waals surface area contributed by atoms with E-state index in [9.17, 15) is 0 Å². The first-order valence-electron chi connectivity index (χ1n) is 7.13. The molecule has 2 aliphatic carbocycles. The van der Waals surface area contributed by atoms with Crippen LogP contribution in [0.2, 0.25) is 0 Å². The quantitative estimate of drug-likeness (QED) is 0.752. The van der Waals surface area contributed by atoms with Crippen molar-refractivity contribution in [1.29, 1.82) is 0 Å². The number of nitrogens with zero attached hydrogens (tertiary/aromatic N) is 2. The second-order valence-electron chi connectivity index (χ2n) is 5.34. The predicted octanol–water partition coefficient (Wildman–Crippen LogP) is 3.11. The monoisotopic (exact) mass is 247 g/mol. The van der Waals surface area contributed by atoms with Crippen LogP contribution < -0.4 is 10.1 Å². The summed E-state index contributed by atoms with van der Waals surface area (Å²) < 4.78 is 5.72. The number of aromatic nitrogens is 2. The molecule has 0 unspecified atom stereocenters. The number of hydrogen-bond donors (Lipinski definition) is 1. The van der Waals surface area contributed by atoms with Crippen molar-refractivity contribution in [2.45, 2.75) is 57.4 Å². The molecule has 0 aromatic carbocycles. The number of unbranched alkanes of at least 4 members (excludes halogenated alkanes) is 1. The molecule has 2 aliphatic rings. The van der Waals surface area contributed by atoms with Gasteiger partial charge >= 0.3 is 0 Å². The maximum Gasteiger partial charge on any atom is 0.218 e. The van der Waals surface area contributed by atoms with Gasteiger partial charge in [-0.15, -0.1) is 0 Å². The lowest BCUT2D eigenvalue weighted by atomic mass is 10.3. The number of ether oxygens (including phenoxy) is 1. The van der Waals surface area contributed by atoms with Gasteiger partial charge in [0.1, 0.15) is 11.6 Å². The van der Waals surface area contributed by atoms with Gasteiger partial charge in [0.05, 0.1) is 6.61 Å². The zero-order valence-electron chi connectivity index (χ0n) is 11.0. The smallest absolute Gasteiger partial charge is 0.218 e. The highest BCUT2D eigenvalue weighted by Gasteiger charge is 2.28. The molecule has 98 valence electrons. The molecule has 0 atom stereocenters. The first kappa shape index (κ1) is 11.8. The summed E-state index contributed by atoms with van der Waals surface area (Å²) in [6.07, 6.45) is 7.19. The van der Waals surface area contributed by atoms with Crippen LogP contribution >= 0.6 is 0 Å². The van der Waals surface area contributed by atoms with Crippen LogP contribution in [0.3, 0.4) is 0 Å². The highest BCUT2D eigenvalue weighted by Crippen LogP contribution is 2.39. The molecule has 0 spiro atoms. The molecule has 18 heavy (non-hydrogen) atoms. The van der Waals surface area contributed by atoms with Crippen LogP contribution in [0, 0.1) is 0 Å². The molecule has 1 heterocycles. The van der Waals surface area contributed by atoms with Crippen molar-refractivity contribution >= 4 is 5.82 Å². The van der Waals surface area contributed by atoms with Gasteiger partial charge in [0.15, 0.2) is 0 Å². The van der Waals surface area contributed by atoms with E-state index < -0.39 is 0 Å². The molecule has 1 N–H and O–H groups in total. The Bertz CT molecular complexity index is 414. The minimum Gasteiger partial charge on any atom is -0.478 e. The van der Waals surface area contributed by atoms with Crippen LogP contribution in [0.25, 0.3) is 0 Å². The first-order valence-corrected chi connectivity index (χ1v) is 7.13. The third kappa shape index (κ3) is 3.12. The van der Waals surface area contributed by atoms with E-state index in [0.717, 1.165) is 37.0 Å². The summed E-state index contributed by atoms with van der Waals surface area (Å²) in [6.45, 7) is 2.92. The maximum atomic E-state index is 5.72. The van der Waals surface area contributed by atoms with E-state index in [4.69, 9.17) is 4.74 Å². The van der Waals surface area contributed by atoms with Crippen molar-refractivity contribution in [1.82, 2.24) is 9.97 Å². The average molecular weight is 247 g/mol. The molecule has 2 fully saturated rings. The third-order valence-corrected chi connectivity index (χ3v) is 3.34. The summed E-state index contributed by atoms with van der Waals surface area (Å²) in [4.78, 5) is 9.12. The molecule has 1 aromatic heterocycles. The SMILES string of the molecule is CCCCOc1cc(NC2CC2)nc(C2CC2)n1. The molecule has 0 radical (unpaired) electrons. The molecular weight excluding hydrogens is 226 g/mol. The van der Waals surface area contributed by atoms with Gasteiger partial charge in [-0.1, -0.05) is 13.3 Å². The van der Waals surface area contributed by atoms with Gasteiger partial charge in [0.2, 0.25) is 5.88 Å². The Balaban J connectivity index is 1.71. The van der Waals surface area contributed by atoms with Crippen LogP contribution in [0.15, 0.2) is 6.07 Å². The van der Waals surface area contributed by atoms with Crippen molar-refractivity contribution in [3.05, 3.63) is 11.9 Å². The van der Waals surface area contributed by atoms with Gasteiger partial charge in [-0.3, -0.25) is 0 Å². The van der Waals surface area contributed by atoms with E-state index in [1.54, 1.807) is 0 Å². The Morgan fingerprint density at radius 3 is 2.78 bits per heavy atom. The van der Waals surface area contributed by atoms with E-state index in [2.05, 4.69) is 22.2 Å². The highest BCUT2D eigenvalue weighted by atomic mass is 16.5. The van der Waals surface area contributed by atoms with Gasteiger partial charge < -0.3 is 10.1 Å². The van der Waals surface area contributed by atoms with Gasteiger partial charge in [0, 0.05) is 18.0 Å². The molecule has 1 aromatic rings. The van der Waals surface area contributed by atoms with Crippen LogP contribution in [0.4, 0.5) is 5.82 Å². The lowest BCUT2D eigenvalue weighted by Crippen LogP contribution is -2.08. The third-order valence-electron chi connectivity index (χ3n) is 3.34. The topological polar surface area (TPSA) is 47.0 Å². The minimum absolute atomic E-state index is 0.569. The van der Waals surface area contributed by atoms with E-state index >= 15 is 0 Å². The van der Waals surface area contributed by atoms with Gasteiger partial charge in [0.25, 0.3) is 0 Å². The highest BCUT2D eigenvalue weighted by molar-refractivity contribution is 5.41. The number of rotatable bonds is 7. The molecule has 0 saturated heterocycles. The summed E-state index contributed by atoms with van der Waals surface area (Å²) in [5.41, 5.74) is 0. The summed E-state index contributed by atoms with van der Waals surface area (Å²) in [7, 11) is 0. The number of anilines is 1. The van der Waals surface area contributed by atoms with E-state index in [0.29, 0.717) is 12.0 Å². The maximum absolute atomic E-state index is 5.72. The second kappa shape index (κ2) is 5.12. The summed E-state index contributed by atoms with van der Waals surface area (Å²) in [6, 6.07) is 2.57. The number of nitrogens with one attached hydrogen (secondary N) is 1. The van der Waals surface area contributed by atoms with E-state index in [-0.39, 0.29) is 0 Å². The molecule has 0 amide bonds. The Kier molecular flexibility index (Phi) is 3.35. The standard InChI is InChI=1S/C14H21N3O/c1-2-3-8-18-13-9-12(15-11-6-7-11)16-14(17-13)10-4-5-10/h9-11H,2-8H2,1H3,(H,15,16,17). The zero-order chi connectivity index (χ0) is 12.4. The molecule has 2 saturated carbocycles. The molecular formula is C14H21N3O. The minimum atomic E-state index is 0.569. The van der Waals surface area contributed by atoms with Crippen LogP contribution in [0.1, 0.15) is 57.2 Å². The van der Waals surface area contributed by atoms with E-state index in [1.807, 2.05) is 6.07 Å². The summed E-state index contributed by atoms with van der Waals surface area (Å²) >= 11 is 0. The van der Waals surface area contributed by atoms with Crippen LogP contribution in [-0.4, -0.2) is 22.6 Å². The van der Waals surface area contributed by atoms with Crippen molar-refractivity contribution in [2.75, 3.05) is 11.9 Å². The fourth-order valence-electron chi connectivity index (χ4n) is 1.87. The van der Waals surface area contributed by atoms with Crippen LogP contribution in [-0.2, 0) is 0 Å². The Hall–Kier alpha value is -1.32. The number of hydrogen-bond acceptors (Lipinski definition) is 4. The predicted molar refractivity (Wildman–Crippen MR) is 71.1 cm³/mol. The summed E-state index contributed by atoms with van der Waals surface area (Å²) in [5.74, 6) is 3.22. The Labute approximate surface area is 108 Å². The Morgan fingerprint density at radius 1 is 1.28 bits per heavy atom. The lowest BCUT2D eigenvalue weighted by molar-refractivity contribution is 0.296. The van der Waals surface area contributed by atoms with Crippen molar-refractivity contribution < 1.29 is 4.74 Å². The molecule has 0 bridgehead atoms. The molecule has 0 aliphatic heterocycles. The van der Waals surface area contributed by atoms with Gasteiger partial charge in [-0.25, -0.2) is 4.98 Å². The fourth-order valence-corrected chi connectivity index (χ4v) is 1.87. The first-order chi connectivity index (χ1) is 8.85. The van der Waals surface area contributed by atoms with Crippen LogP contribution in [0.5, 0.6) is 5.88 Å². The molecule has 4 heteroatoms. The lowest BCUT2D eigenvalue weighted by Gasteiger charge is -2.10. The molecule has 4 nitrogen and oxygen atoms in total. The van der Waals surface area contributed by atoms with E-state index in [1.165, 1.54) is 25.7 Å². The van der Waals surface area contributed by atoms with Crippen molar-refractivity contribution in [2.24, 2.45) is 0 Å². The van der Waals surface area contributed by atoms with Gasteiger partial charge in [-0.05, 0) is 32.1 Å². The average Bonchev–Trinajstić information content (AvgIpc) is 3.23. The Morgan fingerprint density at radius 2 is 2.11 bits per heavy atom. The summed E-state index contributed by atoms with van der Waals surface area (Å²) in [5, 5.41) is 3.44. The fraction of sp³-hybridized carbons (Fsp3) is 0.714. The molecule has 3 rings (SSSR count). The van der Waals surface area contributed by atoms with Crippen molar-refractivity contribution in [3.63, 3.8) is 0 Å². The zero-order valence-corrected chi connectivity index (χ0v) is 11.0. The van der Waals surface area contributed by atoms with Gasteiger partial charge in [-0.2, -0.15) is 4.98 Å². The largest absolute Gasteiger partial charge is 0.478 e. The second-order valence-corrected chi connectivity index (χ2v) is 5.34.